The van der Waals surface area contributed by atoms with Crippen molar-refractivity contribution in [3.05, 3.63) is 114 Å². The third-order valence-electron chi connectivity index (χ3n) is 8.07. The molecule has 0 aliphatic rings. The maximum atomic E-state index is 12.0. The fourth-order valence-electron chi connectivity index (χ4n) is 5.23. The second kappa shape index (κ2) is 19.9. The van der Waals surface area contributed by atoms with Crippen molar-refractivity contribution in [3.8, 4) is 16.9 Å². The molecule has 0 aromatic heterocycles. The van der Waals surface area contributed by atoms with Gasteiger partial charge in [0, 0.05) is 5.39 Å². The van der Waals surface area contributed by atoms with E-state index < -0.39 is 47.3 Å². The normalized spacial score (nSPS) is 11.7. The van der Waals surface area contributed by atoms with E-state index in [1.165, 1.54) is 24.3 Å². The summed E-state index contributed by atoms with van der Waals surface area (Å²) in [6, 6.07) is 24.7. The number of carboxylic acids is 1. The van der Waals surface area contributed by atoms with Crippen LogP contribution < -0.4 is 110 Å². The molecule has 0 aliphatic heterocycles. The number of hydrogen-bond donors (Lipinski definition) is 3. The van der Waals surface area contributed by atoms with Gasteiger partial charge < -0.3 is 31.0 Å². The van der Waals surface area contributed by atoms with E-state index in [0.29, 0.717) is 23.0 Å². The molecule has 0 radical (unpaired) electrons. The van der Waals surface area contributed by atoms with Crippen molar-refractivity contribution in [1.82, 2.24) is 0 Å². The maximum Gasteiger partial charge on any atom is 1.00 e. The zero-order valence-corrected chi connectivity index (χ0v) is 38.8. The van der Waals surface area contributed by atoms with Crippen LogP contribution in [0, 0.1) is 6.92 Å². The number of fused-ring (bicyclic) bond motifs is 1. The molecule has 22 heteroatoms. The first-order valence-corrected chi connectivity index (χ1v) is 18.5. The molecule has 5 N–H and O–H groups in total. The van der Waals surface area contributed by atoms with E-state index in [9.17, 15) is 40.9 Å². The number of nitrogens with two attached hydrogens (primary N) is 2. The number of aryl methyl sites for hydroxylation is 1. The van der Waals surface area contributed by atoms with Crippen molar-refractivity contribution in [2.45, 2.75) is 16.7 Å². The van der Waals surface area contributed by atoms with Crippen molar-refractivity contribution >= 4 is 82.5 Å². The smallest absolute Gasteiger partial charge is 0.872 e. The molecule has 0 saturated carbocycles. The number of aromatic carboxylic acids is 1. The molecular weight excluding hydrogens is 822 g/mol. The van der Waals surface area contributed by atoms with Gasteiger partial charge in [0.15, 0.2) is 0 Å². The summed E-state index contributed by atoms with van der Waals surface area (Å²) in [6.45, 7) is 1.70. The molecule has 0 spiro atoms. The number of carbonyl (C=O) groups is 1. The Labute approximate surface area is 397 Å². The zero-order chi connectivity index (χ0) is 39.7. The van der Waals surface area contributed by atoms with Gasteiger partial charge in [-0.3, -0.25) is 4.55 Å². The molecule has 17 nitrogen and oxygen atoms in total. The Morgan fingerprint density at radius 1 is 0.638 bits per heavy atom. The van der Waals surface area contributed by atoms with Crippen LogP contribution in [-0.2, 0) is 20.2 Å². The van der Waals surface area contributed by atoms with Gasteiger partial charge in [0.1, 0.15) is 26.4 Å². The Hall–Kier alpha value is -3.93. The summed E-state index contributed by atoms with van der Waals surface area (Å²) < 4.78 is 68.5. The van der Waals surface area contributed by atoms with Gasteiger partial charge in [-0.1, -0.05) is 42.1 Å². The average Bonchev–Trinajstić information content (AvgIpc) is 3.14. The molecule has 0 bridgehead atoms. The van der Waals surface area contributed by atoms with Crippen LogP contribution in [0.1, 0.15) is 15.9 Å². The molecule has 0 saturated heterocycles. The third-order valence-corrected chi connectivity index (χ3v) is 9.78. The first kappa shape index (κ1) is 48.4. The number of rotatable bonds is 10. The molecule has 0 amide bonds. The van der Waals surface area contributed by atoms with Gasteiger partial charge in [0.2, 0.25) is 0 Å². The van der Waals surface area contributed by atoms with E-state index in [1.807, 2.05) is 24.3 Å². The number of nitrogen functional groups attached to an aromatic ring is 2. The Morgan fingerprint density at radius 2 is 1.14 bits per heavy atom. The van der Waals surface area contributed by atoms with Crippen LogP contribution in [0.3, 0.4) is 0 Å². The minimum atomic E-state index is -5.03. The van der Waals surface area contributed by atoms with Gasteiger partial charge in [-0.25, -0.2) is 8.42 Å². The van der Waals surface area contributed by atoms with Crippen molar-refractivity contribution in [2.75, 3.05) is 11.5 Å². The summed E-state index contributed by atoms with van der Waals surface area (Å²) in [5.74, 6) is -2.28. The molecular formula is C36H25N8Na3O9S2. The Kier molecular flexibility index (Phi) is 16.6. The van der Waals surface area contributed by atoms with Gasteiger partial charge in [0.05, 0.1) is 45.0 Å². The molecule has 0 unspecified atom stereocenters. The Bertz CT molecular complexity index is 2840. The Balaban J connectivity index is 0.00000300. The van der Waals surface area contributed by atoms with Gasteiger partial charge in [-0.05, 0) is 101 Å². The van der Waals surface area contributed by atoms with E-state index in [0.717, 1.165) is 29.3 Å². The second-order valence-corrected chi connectivity index (χ2v) is 14.6. The third kappa shape index (κ3) is 11.4. The predicted octanol–water partition coefficient (Wildman–Crippen LogP) is -2.17. The van der Waals surface area contributed by atoms with Gasteiger partial charge >= 0.3 is 88.7 Å². The minimum Gasteiger partial charge on any atom is -0.872 e. The molecule has 0 aliphatic carbocycles. The molecule has 58 heavy (non-hydrogen) atoms. The first-order chi connectivity index (χ1) is 26.0. The van der Waals surface area contributed by atoms with Gasteiger partial charge in [-0.2, -0.15) is 28.9 Å². The van der Waals surface area contributed by atoms with Crippen LogP contribution in [-0.4, -0.2) is 31.9 Å². The fraction of sp³-hybridized carbons (Fsp3) is 0.0278. The molecule has 6 aromatic rings. The van der Waals surface area contributed by atoms with Crippen LogP contribution in [0.2, 0.25) is 0 Å². The summed E-state index contributed by atoms with van der Waals surface area (Å²) in [4.78, 5) is 9.47. The minimum absolute atomic E-state index is 0. The second-order valence-electron chi connectivity index (χ2n) is 11.8. The van der Waals surface area contributed by atoms with E-state index in [4.69, 9.17) is 11.5 Å². The van der Waals surface area contributed by atoms with E-state index in [-0.39, 0.29) is 134 Å². The number of carbonyl (C=O) groups excluding carboxylic acids is 1. The van der Waals surface area contributed by atoms with Gasteiger partial charge in [-0.15, -0.1) is 10.2 Å². The monoisotopic (exact) mass is 846 g/mol. The number of hydrogen-bond acceptors (Lipinski definition) is 16. The number of anilines is 2. The average molecular weight is 847 g/mol. The van der Waals surface area contributed by atoms with Crippen LogP contribution in [0.5, 0.6) is 5.75 Å². The largest absolute Gasteiger partial charge is 1.00 e. The zero-order valence-electron chi connectivity index (χ0n) is 31.2. The fourth-order valence-corrected chi connectivity index (χ4v) is 6.56. The molecule has 278 valence electrons. The number of nitrogens with zero attached hydrogens (tertiary/aromatic N) is 6. The molecule has 0 fully saturated rings. The van der Waals surface area contributed by atoms with Crippen molar-refractivity contribution in [1.29, 1.82) is 0 Å². The Morgan fingerprint density at radius 3 is 1.69 bits per heavy atom. The van der Waals surface area contributed by atoms with E-state index in [1.54, 1.807) is 37.3 Å². The molecule has 0 atom stereocenters. The summed E-state index contributed by atoms with van der Waals surface area (Å²) in [6.07, 6.45) is 0. The number of benzene rings is 6. The van der Waals surface area contributed by atoms with Crippen molar-refractivity contribution in [3.63, 3.8) is 0 Å². The molecule has 6 aromatic carbocycles. The van der Waals surface area contributed by atoms with Crippen LogP contribution in [0.15, 0.2) is 144 Å². The van der Waals surface area contributed by atoms with Crippen molar-refractivity contribution < 1.29 is 130 Å². The molecule has 0 heterocycles. The topological polar surface area (TPSA) is 301 Å². The molecule has 6 rings (SSSR count). The summed E-state index contributed by atoms with van der Waals surface area (Å²) in [7, 11) is -9.97. The summed E-state index contributed by atoms with van der Waals surface area (Å²) in [5.41, 5.74) is 16.2. The van der Waals surface area contributed by atoms with Crippen LogP contribution >= 0.6 is 0 Å². The van der Waals surface area contributed by atoms with E-state index >= 15 is 0 Å². The van der Waals surface area contributed by atoms with Crippen molar-refractivity contribution in [2.24, 2.45) is 30.7 Å². The summed E-state index contributed by atoms with van der Waals surface area (Å²) in [5, 5.41) is 47.6. The number of azo groups is 3. The quantitative estimate of drug-likeness (QED) is 0.0577. The predicted molar refractivity (Wildman–Crippen MR) is 196 cm³/mol. The first-order valence-electron chi connectivity index (χ1n) is 15.7. The standard InChI is InChI=1S/C36H28N8O9S2.3Na/c1-19-14-30(43-42-25-11-6-22-15-27(54(48,49)50)18-32(28(22)16-25)55(51,52)53)34(38)35(33(19)37)44-40-24-9-4-21(5-10-24)20-2-7-23(8-3-20)39-41-26-12-13-31(45)29(17-26)36(46)47;;;/h2-18,45H,37-38H2,1H3,(H,46,47)(H,48,49,50)(H,51,52,53);;;/q;3*+1/p-3. The maximum absolute atomic E-state index is 12.0. The van der Waals surface area contributed by atoms with Gasteiger partial charge in [0.25, 0.3) is 10.1 Å². The van der Waals surface area contributed by atoms with Crippen LogP contribution in [0.25, 0.3) is 21.9 Å². The summed E-state index contributed by atoms with van der Waals surface area (Å²) >= 11 is 0. The van der Waals surface area contributed by atoms with Crippen LogP contribution in [0.4, 0.5) is 45.5 Å². The number of carboxylic acid groups (broad SMARTS) is 1. The van der Waals surface area contributed by atoms with E-state index in [2.05, 4.69) is 30.7 Å². The SMILES string of the molecule is Cc1cc(N=Nc2ccc3cc(S(=O)(=O)[O-])cc(S(=O)(=O)O)c3c2)c(N)c(N=Nc2ccc(-c3ccc(N=Nc4ccc([O-])c(C(=O)[O-])c4)cc3)cc2)c1N.[Na+].[Na+].[Na+].